The molecule has 0 saturated carbocycles. The van der Waals surface area contributed by atoms with E-state index in [0.717, 1.165) is 11.6 Å². The molecule has 0 amide bonds. The molecule has 4 nitrogen and oxygen atoms in total. The van der Waals surface area contributed by atoms with Crippen LogP contribution in [-0.4, -0.2) is 9.97 Å². The molecule has 4 N–H and O–H groups in total. The summed E-state index contributed by atoms with van der Waals surface area (Å²) in [5.74, 6) is 0. The van der Waals surface area contributed by atoms with Crippen molar-refractivity contribution in [2.24, 2.45) is 11.5 Å². The standard InChI is InChI=1S/C19H16ClF3N4/c20-14-8-12(6-7-13(14)19(21,22)23)15-9-16(27-10-26-15)18(25)17(24)11-4-2-1-3-5-11/h1-10,17-18H,24-25H2. The highest BCUT2D eigenvalue weighted by molar-refractivity contribution is 6.31. The quantitative estimate of drug-likeness (QED) is 0.684. The molecule has 0 aliphatic rings. The van der Waals surface area contributed by atoms with E-state index in [1.807, 2.05) is 30.3 Å². The van der Waals surface area contributed by atoms with E-state index in [-0.39, 0.29) is 0 Å². The van der Waals surface area contributed by atoms with Gasteiger partial charge in [-0.3, -0.25) is 0 Å². The number of rotatable bonds is 4. The Labute approximate surface area is 159 Å². The fourth-order valence-corrected chi connectivity index (χ4v) is 2.97. The molecule has 0 aliphatic heterocycles. The molecule has 0 spiro atoms. The molecule has 1 heterocycles. The van der Waals surface area contributed by atoms with Crippen LogP contribution in [0.3, 0.4) is 0 Å². The van der Waals surface area contributed by atoms with Gasteiger partial charge in [0.05, 0.1) is 34.1 Å². The first kappa shape index (κ1) is 19.3. The second-order valence-electron chi connectivity index (χ2n) is 5.98. The highest BCUT2D eigenvalue weighted by Crippen LogP contribution is 2.36. The van der Waals surface area contributed by atoms with Crippen molar-refractivity contribution in [1.82, 2.24) is 9.97 Å². The minimum absolute atomic E-state index is 0.398. The van der Waals surface area contributed by atoms with Crippen molar-refractivity contribution < 1.29 is 13.2 Å². The zero-order valence-electron chi connectivity index (χ0n) is 14.0. The smallest absolute Gasteiger partial charge is 0.322 e. The zero-order valence-corrected chi connectivity index (χ0v) is 14.7. The first-order valence-corrected chi connectivity index (χ1v) is 8.40. The molecule has 2 unspecified atom stereocenters. The van der Waals surface area contributed by atoms with Crippen LogP contribution in [0.4, 0.5) is 13.2 Å². The zero-order chi connectivity index (χ0) is 19.6. The maximum atomic E-state index is 12.9. The van der Waals surface area contributed by atoms with E-state index in [1.165, 1.54) is 18.5 Å². The third-order valence-electron chi connectivity index (χ3n) is 4.17. The Morgan fingerprint density at radius 1 is 0.889 bits per heavy atom. The van der Waals surface area contributed by atoms with E-state index < -0.39 is 28.8 Å². The summed E-state index contributed by atoms with van der Waals surface area (Å²) < 4.78 is 38.6. The van der Waals surface area contributed by atoms with Crippen molar-refractivity contribution in [2.75, 3.05) is 0 Å². The molecule has 3 aromatic rings. The fraction of sp³-hybridized carbons (Fsp3) is 0.158. The van der Waals surface area contributed by atoms with Crippen LogP contribution in [0.1, 0.15) is 28.9 Å². The van der Waals surface area contributed by atoms with E-state index in [4.69, 9.17) is 23.1 Å². The summed E-state index contributed by atoms with van der Waals surface area (Å²) >= 11 is 5.79. The molecule has 0 radical (unpaired) electrons. The highest BCUT2D eigenvalue weighted by Gasteiger charge is 2.33. The molecule has 27 heavy (non-hydrogen) atoms. The first-order valence-electron chi connectivity index (χ1n) is 8.02. The first-order chi connectivity index (χ1) is 12.8. The fourth-order valence-electron chi connectivity index (χ4n) is 2.68. The number of nitrogens with two attached hydrogens (primary N) is 2. The van der Waals surface area contributed by atoms with Gasteiger partial charge in [0.1, 0.15) is 6.33 Å². The SMILES string of the molecule is NC(c1ccccc1)C(N)c1cc(-c2ccc(C(F)(F)F)c(Cl)c2)ncn1. The van der Waals surface area contributed by atoms with Gasteiger partial charge in [0.15, 0.2) is 0 Å². The topological polar surface area (TPSA) is 77.8 Å². The monoisotopic (exact) mass is 392 g/mol. The van der Waals surface area contributed by atoms with Gasteiger partial charge in [0, 0.05) is 5.56 Å². The lowest BCUT2D eigenvalue weighted by atomic mass is 9.97. The maximum absolute atomic E-state index is 12.9. The lowest BCUT2D eigenvalue weighted by Gasteiger charge is -2.20. The van der Waals surface area contributed by atoms with Gasteiger partial charge in [0.25, 0.3) is 0 Å². The molecule has 3 rings (SSSR count). The Bertz CT molecular complexity index is 932. The van der Waals surface area contributed by atoms with Crippen LogP contribution in [0.5, 0.6) is 0 Å². The van der Waals surface area contributed by atoms with Crippen LogP contribution < -0.4 is 11.5 Å². The lowest BCUT2D eigenvalue weighted by molar-refractivity contribution is -0.137. The predicted octanol–water partition coefficient (Wildman–Crippen LogP) is 4.52. The third-order valence-corrected chi connectivity index (χ3v) is 4.48. The van der Waals surface area contributed by atoms with Gasteiger partial charge in [-0.1, -0.05) is 48.0 Å². The Morgan fingerprint density at radius 3 is 2.22 bits per heavy atom. The van der Waals surface area contributed by atoms with Crippen LogP contribution >= 0.6 is 11.6 Å². The highest BCUT2D eigenvalue weighted by atomic mass is 35.5. The van der Waals surface area contributed by atoms with E-state index in [1.54, 1.807) is 6.07 Å². The summed E-state index contributed by atoms with van der Waals surface area (Å²) in [4.78, 5) is 8.27. The van der Waals surface area contributed by atoms with E-state index in [2.05, 4.69) is 9.97 Å². The molecule has 140 valence electrons. The number of alkyl halides is 3. The Balaban J connectivity index is 1.91. The Kier molecular flexibility index (Phi) is 5.46. The van der Waals surface area contributed by atoms with Crippen molar-refractivity contribution in [3.63, 3.8) is 0 Å². The van der Waals surface area contributed by atoms with Gasteiger partial charge in [0.2, 0.25) is 0 Å². The van der Waals surface area contributed by atoms with Gasteiger partial charge < -0.3 is 11.5 Å². The number of aromatic nitrogens is 2. The number of halogens is 4. The van der Waals surface area contributed by atoms with Crippen LogP contribution in [0.25, 0.3) is 11.3 Å². The van der Waals surface area contributed by atoms with E-state index in [0.29, 0.717) is 17.0 Å². The van der Waals surface area contributed by atoms with Crippen molar-refractivity contribution in [3.05, 3.63) is 82.8 Å². The van der Waals surface area contributed by atoms with Gasteiger partial charge in [-0.2, -0.15) is 13.2 Å². The van der Waals surface area contributed by atoms with Gasteiger partial charge in [-0.05, 0) is 23.8 Å². The summed E-state index contributed by atoms with van der Waals surface area (Å²) in [6, 6.07) is 13.3. The molecule has 0 saturated heterocycles. The largest absolute Gasteiger partial charge is 0.417 e. The number of hydrogen-bond acceptors (Lipinski definition) is 4. The molecule has 8 heteroatoms. The molecule has 0 fully saturated rings. The van der Waals surface area contributed by atoms with E-state index in [9.17, 15) is 13.2 Å². The van der Waals surface area contributed by atoms with Crippen LogP contribution in [-0.2, 0) is 6.18 Å². The summed E-state index contributed by atoms with van der Waals surface area (Å²) in [5, 5.41) is -0.398. The minimum Gasteiger partial charge on any atom is -0.322 e. The maximum Gasteiger partial charge on any atom is 0.417 e. The number of hydrogen-bond donors (Lipinski definition) is 2. The minimum atomic E-state index is -4.52. The second kappa shape index (κ2) is 7.64. The van der Waals surface area contributed by atoms with Gasteiger partial charge in [-0.25, -0.2) is 9.97 Å². The normalized spacial score (nSPS) is 14.0. The summed E-state index contributed by atoms with van der Waals surface area (Å²) in [5.41, 5.74) is 13.7. The summed E-state index contributed by atoms with van der Waals surface area (Å²) in [6.45, 7) is 0. The predicted molar refractivity (Wildman–Crippen MR) is 97.8 cm³/mol. The molecule has 0 aliphatic carbocycles. The van der Waals surface area contributed by atoms with E-state index >= 15 is 0 Å². The lowest BCUT2D eigenvalue weighted by Crippen LogP contribution is -2.27. The average molecular weight is 393 g/mol. The molecular weight excluding hydrogens is 377 g/mol. The molecule has 0 bridgehead atoms. The van der Waals surface area contributed by atoms with Crippen molar-refractivity contribution in [1.29, 1.82) is 0 Å². The molecular formula is C19H16ClF3N4. The number of nitrogens with zero attached hydrogens (tertiary/aromatic N) is 2. The van der Waals surface area contributed by atoms with Gasteiger partial charge >= 0.3 is 6.18 Å². The van der Waals surface area contributed by atoms with Crippen LogP contribution in [0.15, 0.2) is 60.9 Å². The Hall–Kier alpha value is -2.48. The number of benzene rings is 2. The molecule has 1 aromatic heterocycles. The average Bonchev–Trinajstić information content (AvgIpc) is 2.66. The van der Waals surface area contributed by atoms with Gasteiger partial charge in [-0.15, -0.1) is 0 Å². The third kappa shape index (κ3) is 4.27. The molecule has 2 atom stereocenters. The summed E-state index contributed by atoms with van der Waals surface area (Å²) in [7, 11) is 0. The van der Waals surface area contributed by atoms with Crippen LogP contribution in [0, 0.1) is 0 Å². The van der Waals surface area contributed by atoms with Crippen molar-refractivity contribution >= 4 is 11.6 Å². The second-order valence-corrected chi connectivity index (χ2v) is 6.39. The summed E-state index contributed by atoms with van der Waals surface area (Å²) in [6.07, 6.45) is -3.22. The Morgan fingerprint density at radius 2 is 1.59 bits per heavy atom. The van der Waals surface area contributed by atoms with Crippen molar-refractivity contribution in [2.45, 2.75) is 18.3 Å². The van der Waals surface area contributed by atoms with Crippen molar-refractivity contribution in [3.8, 4) is 11.3 Å². The molecule has 2 aromatic carbocycles. The van der Waals surface area contributed by atoms with Crippen LogP contribution in [0.2, 0.25) is 5.02 Å².